The van der Waals surface area contributed by atoms with Crippen molar-refractivity contribution in [3.63, 3.8) is 0 Å². The van der Waals surface area contributed by atoms with Crippen molar-refractivity contribution in [2.45, 2.75) is 4.90 Å². The van der Waals surface area contributed by atoms with Crippen molar-refractivity contribution in [2.24, 2.45) is 5.73 Å². The molecule has 2 nitrogen and oxygen atoms in total. The summed E-state index contributed by atoms with van der Waals surface area (Å²) in [5.74, 6) is -0.417. The predicted molar refractivity (Wildman–Crippen MR) is 83.8 cm³/mol. The molecule has 2 rings (SSSR count). The van der Waals surface area contributed by atoms with E-state index >= 15 is 0 Å². The molecule has 0 saturated carbocycles. The van der Waals surface area contributed by atoms with Crippen molar-refractivity contribution >= 4 is 40.3 Å². The van der Waals surface area contributed by atoms with Gasteiger partial charge in [0.1, 0.15) is 10.8 Å². The zero-order valence-electron chi connectivity index (χ0n) is 10.3. The molecule has 0 atom stereocenters. The van der Waals surface area contributed by atoms with Crippen molar-refractivity contribution in [1.29, 1.82) is 0 Å². The second kappa shape index (κ2) is 6.04. The highest BCUT2D eigenvalue weighted by Gasteiger charge is 2.12. The van der Waals surface area contributed by atoms with Gasteiger partial charge in [0.15, 0.2) is 0 Å². The van der Waals surface area contributed by atoms with Crippen LogP contribution in [0.25, 0.3) is 0 Å². The first-order valence-electron chi connectivity index (χ1n) is 5.62. The van der Waals surface area contributed by atoms with Crippen LogP contribution >= 0.6 is 24.0 Å². The lowest BCUT2D eigenvalue weighted by molar-refractivity contribution is 0.626. The van der Waals surface area contributed by atoms with E-state index in [9.17, 15) is 4.39 Å². The Kier molecular flexibility index (Phi) is 4.39. The molecule has 0 fully saturated rings. The summed E-state index contributed by atoms with van der Waals surface area (Å²) in [6, 6.07) is 12.5. The normalized spacial score (nSPS) is 10.2. The minimum Gasteiger partial charge on any atom is -0.389 e. The maximum atomic E-state index is 13.8. The van der Waals surface area contributed by atoms with Gasteiger partial charge < -0.3 is 11.1 Å². The lowest BCUT2D eigenvalue weighted by Gasteiger charge is -2.14. The molecule has 98 valence electrons. The van der Waals surface area contributed by atoms with Crippen LogP contribution < -0.4 is 11.1 Å². The number of thioether (sulfide) groups is 1. The molecule has 2 aromatic carbocycles. The van der Waals surface area contributed by atoms with Crippen molar-refractivity contribution in [3.05, 3.63) is 53.8 Å². The molecule has 0 radical (unpaired) electrons. The Morgan fingerprint density at radius 3 is 2.53 bits per heavy atom. The molecule has 2 aromatic rings. The minimum atomic E-state index is -0.417. The van der Waals surface area contributed by atoms with E-state index < -0.39 is 5.82 Å². The molecule has 3 N–H and O–H groups in total. The number of nitrogens with one attached hydrogen (secondary N) is 1. The molecule has 19 heavy (non-hydrogen) atoms. The van der Waals surface area contributed by atoms with Crippen molar-refractivity contribution < 1.29 is 4.39 Å². The summed E-state index contributed by atoms with van der Waals surface area (Å²) in [6.45, 7) is 0. The third kappa shape index (κ3) is 3.05. The number of hydrogen-bond donors (Lipinski definition) is 2. The average molecular weight is 292 g/mol. The van der Waals surface area contributed by atoms with Gasteiger partial charge in [-0.25, -0.2) is 4.39 Å². The van der Waals surface area contributed by atoms with Crippen LogP contribution in [0.1, 0.15) is 5.56 Å². The van der Waals surface area contributed by atoms with Crippen LogP contribution in [0.5, 0.6) is 0 Å². The van der Waals surface area contributed by atoms with E-state index in [-0.39, 0.29) is 10.6 Å². The lowest BCUT2D eigenvalue weighted by atomic mass is 10.1. The van der Waals surface area contributed by atoms with Crippen LogP contribution in [0, 0.1) is 5.82 Å². The van der Waals surface area contributed by atoms with E-state index in [4.69, 9.17) is 18.0 Å². The predicted octanol–water partition coefficient (Wildman–Crippen LogP) is 3.93. The second-order valence-electron chi connectivity index (χ2n) is 3.85. The molecular weight excluding hydrogens is 279 g/mol. The third-order valence-corrected chi connectivity index (χ3v) is 3.64. The molecule has 5 heteroatoms. The molecule has 0 aliphatic carbocycles. The van der Waals surface area contributed by atoms with Crippen molar-refractivity contribution in [1.82, 2.24) is 0 Å². The first kappa shape index (κ1) is 13.8. The van der Waals surface area contributed by atoms with E-state index in [1.807, 2.05) is 30.5 Å². The number of para-hydroxylation sites is 1. The van der Waals surface area contributed by atoms with E-state index in [0.717, 1.165) is 10.6 Å². The maximum Gasteiger partial charge on any atom is 0.135 e. The zero-order valence-corrected chi connectivity index (χ0v) is 11.9. The number of benzene rings is 2. The van der Waals surface area contributed by atoms with Gasteiger partial charge in [0.2, 0.25) is 0 Å². The largest absolute Gasteiger partial charge is 0.389 e. The Hall–Kier alpha value is -1.59. The van der Waals surface area contributed by atoms with E-state index in [2.05, 4.69) is 5.32 Å². The fourth-order valence-electron chi connectivity index (χ4n) is 1.77. The Bertz CT molecular complexity index is 614. The van der Waals surface area contributed by atoms with Gasteiger partial charge in [0.05, 0.1) is 16.9 Å². The number of hydrogen-bond acceptors (Lipinski definition) is 3. The maximum absolute atomic E-state index is 13.8. The molecule has 0 aromatic heterocycles. The number of rotatable bonds is 4. The summed E-state index contributed by atoms with van der Waals surface area (Å²) in [6.07, 6.45) is 1.99. The first-order chi connectivity index (χ1) is 9.13. The highest BCUT2D eigenvalue weighted by Crippen LogP contribution is 2.29. The number of thiocarbonyl (C=S) groups is 1. The highest BCUT2D eigenvalue weighted by atomic mass is 32.2. The van der Waals surface area contributed by atoms with Gasteiger partial charge >= 0.3 is 0 Å². The second-order valence-corrected chi connectivity index (χ2v) is 5.14. The summed E-state index contributed by atoms with van der Waals surface area (Å²) in [5, 5.41) is 3.19. The van der Waals surface area contributed by atoms with Crippen molar-refractivity contribution in [3.8, 4) is 0 Å². The molecule has 0 unspecified atom stereocenters. The third-order valence-electron chi connectivity index (χ3n) is 2.64. The van der Waals surface area contributed by atoms with Gasteiger partial charge in [-0.2, -0.15) is 0 Å². The fraction of sp³-hybridized carbons (Fsp3) is 0.0714. The summed E-state index contributed by atoms with van der Waals surface area (Å²) in [5.41, 5.74) is 7.31. The highest BCUT2D eigenvalue weighted by molar-refractivity contribution is 7.98. The van der Waals surface area contributed by atoms with Gasteiger partial charge in [-0.3, -0.25) is 0 Å². The molecule has 0 amide bonds. The summed E-state index contributed by atoms with van der Waals surface area (Å²) in [4.78, 5) is 1.11. The van der Waals surface area contributed by atoms with E-state index in [0.29, 0.717) is 5.69 Å². The molecular formula is C14H13FN2S2. The molecule has 0 aliphatic heterocycles. The van der Waals surface area contributed by atoms with Crippen LogP contribution in [0.15, 0.2) is 47.4 Å². The van der Waals surface area contributed by atoms with Crippen LogP contribution in [-0.4, -0.2) is 11.2 Å². The van der Waals surface area contributed by atoms with Crippen LogP contribution in [-0.2, 0) is 0 Å². The van der Waals surface area contributed by atoms with Gasteiger partial charge in [-0.15, -0.1) is 11.8 Å². The van der Waals surface area contributed by atoms with Gasteiger partial charge in [-0.1, -0.05) is 30.4 Å². The Morgan fingerprint density at radius 2 is 1.84 bits per heavy atom. The SMILES string of the molecule is CSc1ccccc1Nc1cccc(F)c1C(N)=S. The first-order valence-corrected chi connectivity index (χ1v) is 7.25. The molecule has 0 bridgehead atoms. The standard InChI is InChI=1S/C14H13FN2S2/c1-19-12-8-3-2-6-10(12)17-11-7-4-5-9(15)13(11)14(16)18/h2-8,17H,1H3,(H2,16,18). The fourth-order valence-corrected chi connectivity index (χ4v) is 2.53. The summed E-state index contributed by atoms with van der Waals surface area (Å²) >= 11 is 6.52. The Labute approximate surface area is 121 Å². The smallest absolute Gasteiger partial charge is 0.135 e. The summed E-state index contributed by atoms with van der Waals surface area (Å²) < 4.78 is 13.8. The van der Waals surface area contributed by atoms with Crippen LogP contribution in [0.4, 0.5) is 15.8 Å². The molecule has 0 saturated heterocycles. The lowest BCUT2D eigenvalue weighted by Crippen LogP contribution is -2.14. The van der Waals surface area contributed by atoms with Crippen LogP contribution in [0.3, 0.4) is 0 Å². The van der Waals surface area contributed by atoms with Gasteiger partial charge in [0, 0.05) is 4.90 Å². The average Bonchev–Trinajstić information content (AvgIpc) is 2.39. The Balaban J connectivity index is 2.44. The quantitative estimate of drug-likeness (QED) is 0.661. The summed E-state index contributed by atoms with van der Waals surface area (Å²) in [7, 11) is 0. The van der Waals surface area contributed by atoms with Crippen molar-refractivity contribution in [2.75, 3.05) is 11.6 Å². The zero-order chi connectivity index (χ0) is 13.8. The molecule has 0 spiro atoms. The van der Waals surface area contributed by atoms with Crippen LogP contribution in [0.2, 0.25) is 0 Å². The van der Waals surface area contributed by atoms with E-state index in [1.165, 1.54) is 6.07 Å². The number of nitrogens with two attached hydrogens (primary N) is 1. The van der Waals surface area contributed by atoms with Gasteiger partial charge in [-0.05, 0) is 30.5 Å². The van der Waals surface area contributed by atoms with Gasteiger partial charge in [0.25, 0.3) is 0 Å². The molecule has 0 heterocycles. The van der Waals surface area contributed by atoms with E-state index in [1.54, 1.807) is 23.9 Å². The number of halogens is 1. The topological polar surface area (TPSA) is 38.0 Å². The molecule has 0 aliphatic rings. The minimum absolute atomic E-state index is 0.0437. The Morgan fingerprint density at radius 1 is 1.16 bits per heavy atom. The number of anilines is 2. The monoisotopic (exact) mass is 292 g/mol.